The zero-order valence-corrected chi connectivity index (χ0v) is 7.93. The van der Waals surface area contributed by atoms with Crippen LogP contribution in [0, 0.1) is 12.0 Å². The highest BCUT2D eigenvalue weighted by molar-refractivity contribution is 4.88. The zero-order valence-electron chi connectivity index (χ0n) is 10.9. The molecule has 12 heavy (non-hydrogen) atoms. The molecule has 0 saturated heterocycles. The van der Waals surface area contributed by atoms with Crippen LogP contribution >= 0.6 is 0 Å². The molecule has 3 heteroatoms. The minimum absolute atomic E-state index is 0.350. The van der Waals surface area contributed by atoms with E-state index in [1.165, 1.54) is 0 Å². The van der Waals surface area contributed by atoms with Crippen LogP contribution in [0.2, 0.25) is 0 Å². The van der Waals surface area contributed by atoms with Crippen LogP contribution in [0.4, 0.5) is 0 Å². The third kappa shape index (κ3) is 4.70. The van der Waals surface area contributed by atoms with Gasteiger partial charge in [0.2, 0.25) is 0 Å². The third-order valence-electron chi connectivity index (χ3n) is 1.78. The Kier molecular flexibility index (Phi) is 4.58. The summed E-state index contributed by atoms with van der Waals surface area (Å²) < 4.78 is 22.9. The number of hydrogen-bond acceptors (Lipinski definition) is 3. The highest BCUT2D eigenvalue weighted by Gasteiger charge is 2.13. The molecule has 2 unspecified atom stereocenters. The lowest BCUT2D eigenvalue weighted by atomic mass is 9.95. The first-order valence-electron chi connectivity index (χ1n) is 5.90. The molecule has 0 aromatic carbocycles. The Morgan fingerprint density at radius 1 is 1.58 bits per heavy atom. The van der Waals surface area contributed by atoms with Crippen LogP contribution in [0.15, 0.2) is 0 Å². The van der Waals surface area contributed by atoms with Crippen LogP contribution in [-0.2, 0) is 0 Å². The monoisotopic (exact) mass is 178 g/mol. The average molecular weight is 178 g/mol. The van der Waals surface area contributed by atoms with Crippen molar-refractivity contribution >= 4 is 0 Å². The van der Waals surface area contributed by atoms with Crippen LogP contribution in [0.3, 0.4) is 0 Å². The summed E-state index contributed by atoms with van der Waals surface area (Å²) in [6.07, 6.45) is -1.09. The van der Waals surface area contributed by atoms with Crippen molar-refractivity contribution in [2.24, 2.45) is 17.4 Å². The van der Waals surface area contributed by atoms with Crippen LogP contribution in [0.25, 0.3) is 0 Å². The normalized spacial score (nSPS) is 21.2. The van der Waals surface area contributed by atoms with Crippen molar-refractivity contribution in [1.29, 1.82) is 0 Å². The summed E-state index contributed by atoms with van der Waals surface area (Å²) in [6, 6.07) is 0.815. The second-order valence-corrected chi connectivity index (χ2v) is 2.69. The summed E-state index contributed by atoms with van der Waals surface area (Å²) in [6.45, 7) is 3.61. The molecule has 0 saturated carbocycles. The van der Waals surface area contributed by atoms with Gasteiger partial charge in [0.05, 0.1) is 0 Å². The van der Waals surface area contributed by atoms with Gasteiger partial charge in [-0.15, -0.1) is 0 Å². The highest BCUT2D eigenvalue weighted by atomic mass is 14.9. The fraction of sp³-hybridized carbons (Fsp3) is 0.889. The fourth-order valence-electron chi connectivity index (χ4n) is 1.06. The van der Waals surface area contributed by atoms with E-state index in [1.54, 1.807) is 0 Å². The quantitative estimate of drug-likeness (QED) is 0.531. The summed E-state index contributed by atoms with van der Waals surface area (Å²) in [5.41, 5.74) is 10.7. The van der Waals surface area contributed by atoms with Crippen LogP contribution in [0.1, 0.15) is 30.8 Å². The van der Waals surface area contributed by atoms with Crippen molar-refractivity contribution in [2.75, 3.05) is 19.6 Å². The van der Waals surface area contributed by atoms with E-state index in [-0.39, 0.29) is 5.92 Å². The van der Waals surface area contributed by atoms with Crippen molar-refractivity contribution in [2.45, 2.75) is 26.6 Å². The predicted octanol–water partition coefficient (Wildman–Crippen LogP) is 0.462. The van der Waals surface area contributed by atoms with Crippen LogP contribution in [0.5, 0.6) is 0 Å². The van der Waals surface area contributed by atoms with Crippen molar-refractivity contribution < 1.29 is 4.11 Å². The number of hydrogen-bond donors (Lipinski definition) is 3. The molecule has 0 spiro atoms. The Bertz CT molecular complexity index is 176. The van der Waals surface area contributed by atoms with Gasteiger partial charge in [0.1, 0.15) is 0 Å². The summed E-state index contributed by atoms with van der Waals surface area (Å²) >= 11 is 0. The molecule has 0 fully saturated rings. The maximum atomic E-state index is 7.77. The first kappa shape index (κ1) is 7.30. The maximum Gasteiger partial charge on any atom is 0.0426 e. The Labute approximate surface area is 80.1 Å². The van der Waals surface area contributed by atoms with Gasteiger partial charge in [0.25, 0.3) is 0 Å². The molecule has 2 atom stereocenters. The Balaban J connectivity index is 4.45. The fourth-order valence-corrected chi connectivity index (χ4v) is 1.06. The summed E-state index contributed by atoms with van der Waals surface area (Å²) in [5.74, 6) is -0.350. The Morgan fingerprint density at radius 2 is 2.25 bits per heavy atom. The van der Waals surface area contributed by atoms with Crippen LogP contribution < -0.4 is 16.8 Å². The molecule has 0 amide bonds. The number of nitrogens with one attached hydrogen (secondary N) is 1. The topological polar surface area (TPSA) is 64.1 Å². The molecule has 73 valence electrons. The molecule has 3 nitrogen and oxygen atoms in total. The van der Waals surface area contributed by atoms with Gasteiger partial charge in [-0.3, -0.25) is 0 Å². The van der Waals surface area contributed by atoms with E-state index in [4.69, 9.17) is 15.6 Å². The molecule has 5 N–H and O–H groups in total. The lowest BCUT2D eigenvalue weighted by molar-refractivity contribution is 0.443. The van der Waals surface area contributed by atoms with Crippen LogP contribution in [-0.4, -0.2) is 19.6 Å². The third-order valence-corrected chi connectivity index (χ3v) is 1.78. The van der Waals surface area contributed by atoms with E-state index in [9.17, 15) is 0 Å². The number of nitrogens with two attached hydrogens (primary N) is 2. The Hall–Kier alpha value is -0.120. The second-order valence-electron chi connectivity index (χ2n) is 2.69. The minimum Gasteiger partial charge on any atom is -0.330 e. The van der Waals surface area contributed by atoms with Gasteiger partial charge < -0.3 is 16.8 Å². The minimum atomic E-state index is -1.71. The molecule has 0 aliphatic rings. The molecule has 0 bridgehead atoms. The molecular weight excluding hydrogens is 150 g/mol. The average Bonchev–Trinajstić information content (AvgIpc) is 2.15. The highest BCUT2D eigenvalue weighted by Crippen LogP contribution is 2.17. The van der Waals surface area contributed by atoms with Gasteiger partial charge in [0.15, 0.2) is 0 Å². The van der Waals surface area contributed by atoms with E-state index >= 15 is 0 Å². The standard InChI is InChI=1S/C9H22N3/c1-3-9(4-5-10)8(2)12-7-6-11/h9,12H,3-7,10-11H2,1-2H3/i4T2,5T. The number of rotatable bonds is 7. The molecule has 0 aromatic heterocycles. The summed E-state index contributed by atoms with van der Waals surface area (Å²) in [5, 5.41) is 3.06. The van der Waals surface area contributed by atoms with Crippen molar-refractivity contribution in [3.05, 3.63) is 6.04 Å². The summed E-state index contributed by atoms with van der Waals surface area (Å²) in [4.78, 5) is 0. The molecule has 0 aliphatic carbocycles. The van der Waals surface area contributed by atoms with Crippen molar-refractivity contribution in [3.8, 4) is 0 Å². The van der Waals surface area contributed by atoms with Gasteiger partial charge in [-0.05, 0) is 25.7 Å². The van der Waals surface area contributed by atoms with E-state index in [0.29, 0.717) is 19.5 Å². The van der Waals surface area contributed by atoms with E-state index < -0.39 is 12.9 Å². The Morgan fingerprint density at radius 3 is 2.67 bits per heavy atom. The maximum absolute atomic E-state index is 7.77. The zero-order chi connectivity index (χ0) is 12.1. The molecule has 0 heterocycles. The van der Waals surface area contributed by atoms with E-state index in [1.807, 2.05) is 13.8 Å². The second kappa shape index (κ2) is 7.53. The van der Waals surface area contributed by atoms with E-state index in [2.05, 4.69) is 5.32 Å². The van der Waals surface area contributed by atoms with Crippen molar-refractivity contribution in [1.82, 2.24) is 5.32 Å². The first-order valence-corrected chi connectivity index (χ1v) is 4.33. The largest absolute Gasteiger partial charge is 0.330 e. The van der Waals surface area contributed by atoms with Gasteiger partial charge >= 0.3 is 0 Å². The van der Waals surface area contributed by atoms with E-state index in [0.717, 1.165) is 6.04 Å². The molecule has 0 aliphatic heterocycles. The first-order chi connectivity index (χ1) is 6.87. The lowest BCUT2D eigenvalue weighted by Gasteiger charge is -2.22. The van der Waals surface area contributed by atoms with Gasteiger partial charge in [0, 0.05) is 23.2 Å². The molecular formula is C9H22N3. The van der Waals surface area contributed by atoms with Gasteiger partial charge in [-0.2, -0.15) is 0 Å². The van der Waals surface area contributed by atoms with Crippen molar-refractivity contribution in [3.63, 3.8) is 0 Å². The molecule has 1 radical (unpaired) electrons. The SMILES string of the molecule is [3H]C(N)C([3H])([3H])C(CC)[C](C)NCCN. The molecule has 0 rings (SSSR count). The lowest BCUT2D eigenvalue weighted by Crippen LogP contribution is -2.31. The predicted molar refractivity (Wildman–Crippen MR) is 53.4 cm³/mol. The smallest absolute Gasteiger partial charge is 0.0426 e. The summed E-state index contributed by atoms with van der Waals surface area (Å²) in [7, 11) is 0. The van der Waals surface area contributed by atoms with Gasteiger partial charge in [-0.1, -0.05) is 13.3 Å². The molecule has 0 aromatic rings. The van der Waals surface area contributed by atoms with Gasteiger partial charge in [-0.25, -0.2) is 0 Å².